The third-order valence-corrected chi connectivity index (χ3v) is 4.40. The summed E-state index contributed by atoms with van der Waals surface area (Å²) >= 11 is 5.93. The number of benzene rings is 2. The molecule has 0 bridgehead atoms. The Morgan fingerprint density at radius 3 is 2.33 bits per heavy atom. The van der Waals surface area contributed by atoms with Crippen LogP contribution in [0.4, 0.5) is 5.95 Å². The molecular weight excluding hydrogens is 320 g/mol. The van der Waals surface area contributed by atoms with Crippen molar-refractivity contribution in [3.05, 3.63) is 65.8 Å². The van der Waals surface area contributed by atoms with Crippen LogP contribution in [0.1, 0.15) is 0 Å². The Kier molecular flexibility index (Phi) is 3.47. The van der Waals surface area contributed by atoms with Gasteiger partial charge in [0.05, 0.1) is 16.7 Å². The van der Waals surface area contributed by atoms with E-state index in [-0.39, 0.29) is 0 Å². The number of nitrogens with two attached hydrogens (primary N) is 1. The maximum absolute atomic E-state index is 5.93. The number of nitrogen functional groups attached to an aromatic ring is 1. The number of aromatic nitrogens is 3. The molecule has 0 spiro atoms. The van der Waals surface area contributed by atoms with Crippen molar-refractivity contribution >= 4 is 28.6 Å². The Hall–Kier alpha value is -2.85. The summed E-state index contributed by atoms with van der Waals surface area (Å²) in [5.41, 5.74) is 11.8. The molecule has 0 amide bonds. The van der Waals surface area contributed by atoms with Crippen molar-refractivity contribution in [2.24, 2.45) is 7.05 Å². The van der Waals surface area contributed by atoms with Crippen LogP contribution in [0.2, 0.25) is 5.02 Å². The molecule has 2 heterocycles. The average molecular weight is 335 g/mol. The summed E-state index contributed by atoms with van der Waals surface area (Å²) in [5.74, 6) is 0.508. The van der Waals surface area contributed by atoms with Gasteiger partial charge in [0.1, 0.15) is 0 Å². The molecule has 2 aromatic carbocycles. The second kappa shape index (κ2) is 5.65. The molecule has 0 aliphatic rings. The van der Waals surface area contributed by atoms with Gasteiger partial charge < -0.3 is 10.3 Å². The first-order valence-corrected chi connectivity index (χ1v) is 7.94. The van der Waals surface area contributed by atoms with Crippen LogP contribution in [0.5, 0.6) is 0 Å². The number of anilines is 1. The van der Waals surface area contributed by atoms with Crippen LogP contribution in [0.3, 0.4) is 0 Å². The molecule has 0 aliphatic heterocycles. The van der Waals surface area contributed by atoms with E-state index < -0.39 is 0 Å². The standard InChI is InChI=1S/C19H15ClN4/c1-24-18-9-5-13(10-17(18)23-19(24)21)16-8-4-14(11-22-16)12-2-6-15(20)7-3-12/h2-11H,1H3,(H2,21,23). The first-order valence-electron chi connectivity index (χ1n) is 7.56. The molecule has 24 heavy (non-hydrogen) atoms. The van der Waals surface area contributed by atoms with E-state index >= 15 is 0 Å². The van der Waals surface area contributed by atoms with Gasteiger partial charge in [-0.25, -0.2) is 4.98 Å². The number of hydrogen-bond donors (Lipinski definition) is 1. The number of rotatable bonds is 2. The minimum absolute atomic E-state index is 0.508. The van der Waals surface area contributed by atoms with Gasteiger partial charge in [-0.05, 0) is 35.9 Å². The van der Waals surface area contributed by atoms with E-state index in [2.05, 4.69) is 16.0 Å². The molecule has 5 heteroatoms. The molecule has 4 aromatic rings. The second-order valence-electron chi connectivity index (χ2n) is 5.67. The molecule has 2 aromatic heterocycles. The number of imidazole rings is 1. The third-order valence-electron chi connectivity index (χ3n) is 4.15. The third kappa shape index (κ3) is 2.51. The number of aryl methyl sites for hydroxylation is 1. The highest BCUT2D eigenvalue weighted by atomic mass is 35.5. The highest BCUT2D eigenvalue weighted by Gasteiger charge is 2.07. The normalized spacial score (nSPS) is 11.1. The lowest BCUT2D eigenvalue weighted by atomic mass is 10.1. The van der Waals surface area contributed by atoms with Crippen LogP contribution in [0.25, 0.3) is 33.4 Å². The maximum atomic E-state index is 5.93. The van der Waals surface area contributed by atoms with Crippen molar-refractivity contribution in [3.8, 4) is 22.4 Å². The van der Waals surface area contributed by atoms with E-state index in [0.29, 0.717) is 5.95 Å². The molecule has 0 aliphatic carbocycles. The molecule has 0 fully saturated rings. The van der Waals surface area contributed by atoms with Gasteiger partial charge in [-0.1, -0.05) is 35.9 Å². The predicted octanol–water partition coefficient (Wildman–Crippen LogP) is 4.54. The van der Waals surface area contributed by atoms with Gasteiger partial charge >= 0.3 is 0 Å². The lowest BCUT2D eigenvalue weighted by Crippen LogP contribution is -1.95. The molecule has 4 nitrogen and oxygen atoms in total. The summed E-state index contributed by atoms with van der Waals surface area (Å²) in [6.07, 6.45) is 1.87. The minimum atomic E-state index is 0.508. The van der Waals surface area contributed by atoms with Gasteiger partial charge in [-0.2, -0.15) is 0 Å². The zero-order valence-corrected chi connectivity index (χ0v) is 13.8. The lowest BCUT2D eigenvalue weighted by Gasteiger charge is -2.05. The first-order chi connectivity index (χ1) is 11.6. The van der Waals surface area contributed by atoms with Crippen molar-refractivity contribution in [1.82, 2.24) is 14.5 Å². The molecular formula is C19H15ClN4. The van der Waals surface area contributed by atoms with E-state index in [0.717, 1.165) is 38.4 Å². The fourth-order valence-corrected chi connectivity index (χ4v) is 2.88. The van der Waals surface area contributed by atoms with E-state index in [1.165, 1.54) is 0 Å². The van der Waals surface area contributed by atoms with Crippen molar-refractivity contribution in [3.63, 3.8) is 0 Å². The van der Waals surface area contributed by atoms with E-state index in [1.54, 1.807) is 0 Å². The Bertz CT molecular complexity index is 1020. The SMILES string of the molecule is Cn1c(N)nc2cc(-c3ccc(-c4ccc(Cl)cc4)cn3)ccc21. The molecule has 4 rings (SSSR count). The van der Waals surface area contributed by atoms with Crippen LogP contribution in [-0.2, 0) is 7.05 Å². The van der Waals surface area contributed by atoms with Crippen molar-refractivity contribution in [2.45, 2.75) is 0 Å². The van der Waals surface area contributed by atoms with Crippen molar-refractivity contribution in [1.29, 1.82) is 0 Å². The highest BCUT2D eigenvalue weighted by Crippen LogP contribution is 2.26. The number of pyridine rings is 1. The Balaban J connectivity index is 1.71. The van der Waals surface area contributed by atoms with Crippen molar-refractivity contribution < 1.29 is 0 Å². The number of halogens is 1. The Morgan fingerprint density at radius 1 is 0.917 bits per heavy atom. The van der Waals surface area contributed by atoms with Gasteiger partial charge in [0.15, 0.2) is 0 Å². The second-order valence-corrected chi connectivity index (χ2v) is 6.11. The molecule has 0 radical (unpaired) electrons. The minimum Gasteiger partial charge on any atom is -0.369 e. The van der Waals surface area contributed by atoms with Crippen molar-refractivity contribution in [2.75, 3.05) is 5.73 Å². The summed E-state index contributed by atoms with van der Waals surface area (Å²) in [4.78, 5) is 8.96. The number of hydrogen-bond acceptors (Lipinski definition) is 3. The molecule has 0 saturated carbocycles. The smallest absolute Gasteiger partial charge is 0.200 e. The number of fused-ring (bicyclic) bond motifs is 1. The van der Waals surface area contributed by atoms with Gasteiger partial charge in [0, 0.05) is 29.4 Å². The van der Waals surface area contributed by atoms with E-state index in [9.17, 15) is 0 Å². The topological polar surface area (TPSA) is 56.7 Å². The summed E-state index contributed by atoms with van der Waals surface area (Å²) in [7, 11) is 1.91. The van der Waals surface area contributed by atoms with Crippen LogP contribution in [0.15, 0.2) is 60.8 Å². The molecule has 118 valence electrons. The lowest BCUT2D eigenvalue weighted by molar-refractivity contribution is 0.965. The quantitative estimate of drug-likeness (QED) is 0.585. The van der Waals surface area contributed by atoms with Gasteiger partial charge in [0.25, 0.3) is 0 Å². The average Bonchev–Trinajstić information content (AvgIpc) is 2.89. The maximum Gasteiger partial charge on any atom is 0.200 e. The monoisotopic (exact) mass is 334 g/mol. The summed E-state index contributed by atoms with van der Waals surface area (Å²) in [6.45, 7) is 0. The summed E-state index contributed by atoms with van der Waals surface area (Å²) in [5, 5.41) is 0.728. The van der Waals surface area contributed by atoms with Gasteiger partial charge in [-0.15, -0.1) is 0 Å². The van der Waals surface area contributed by atoms with Gasteiger partial charge in [-0.3, -0.25) is 4.98 Å². The largest absolute Gasteiger partial charge is 0.369 e. The zero-order valence-electron chi connectivity index (χ0n) is 13.1. The van der Waals surface area contributed by atoms with Gasteiger partial charge in [0.2, 0.25) is 5.95 Å². The molecule has 2 N–H and O–H groups in total. The van der Waals surface area contributed by atoms with E-state index in [1.807, 2.05) is 66.3 Å². The van der Waals surface area contributed by atoms with Crippen LogP contribution in [0, 0.1) is 0 Å². The van der Waals surface area contributed by atoms with E-state index in [4.69, 9.17) is 17.3 Å². The number of nitrogens with zero attached hydrogens (tertiary/aromatic N) is 3. The van der Waals surface area contributed by atoms with Crippen LogP contribution >= 0.6 is 11.6 Å². The fraction of sp³-hybridized carbons (Fsp3) is 0.0526. The predicted molar refractivity (Wildman–Crippen MR) is 98.8 cm³/mol. The highest BCUT2D eigenvalue weighted by molar-refractivity contribution is 6.30. The fourth-order valence-electron chi connectivity index (χ4n) is 2.76. The van der Waals surface area contributed by atoms with Crippen LogP contribution in [-0.4, -0.2) is 14.5 Å². The first kappa shape index (κ1) is 14.7. The Labute approximate surface area is 144 Å². The molecule has 0 unspecified atom stereocenters. The van der Waals surface area contributed by atoms with Crippen LogP contribution < -0.4 is 5.73 Å². The Morgan fingerprint density at radius 2 is 1.62 bits per heavy atom. The zero-order chi connectivity index (χ0) is 16.7. The summed E-state index contributed by atoms with van der Waals surface area (Å²) in [6, 6.07) is 17.9. The summed E-state index contributed by atoms with van der Waals surface area (Å²) < 4.78 is 1.87. The molecule has 0 saturated heterocycles. The molecule has 0 atom stereocenters.